The average Bonchev–Trinajstić information content (AvgIpc) is 2.55. The smallest absolute Gasteiger partial charge is 0.187 e. The van der Waals surface area contributed by atoms with Crippen LogP contribution in [0.5, 0.6) is 5.75 Å². The van der Waals surface area contributed by atoms with E-state index in [4.69, 9.17) is 0 Å². The maximum atomic E-state index is 12.6. The van der Waals surface area contributed by atoms with Gasteiger partial charge in [-0.1, -0.05) is 6.07 Å². The molecule has 2 heterocycles. The minimum absolute atomic E-state index is 0.0182. The summed E-state index contributed by atoms with van der Waals surface area (Å²) in [5.74, 6) is 0.214. The van der Waals surface area contributed by atoms with Crippen LogP contribution >= 0.6 is 0 Å². The third-order valence-electron chi connectivity index (χ3n) is 4.31. The number of hydrogen-bond acceptors (Lipinski definition) is 5. The highest BCUT2D eigenvalue weighted by atomic mass is 16.3. The van der Waals surface area contributed by atoms with Gasteiger partial charge in [0, 0.05) is 18.0 Å². The van der Waals surface area contributed by atoms with Crippen molar-refractivity contribution in [1.82, 2.24) is 15.5 Å². The number of piperidine rings is 1. The highest BCUT2D eigenvalue weighted by Crippen LogP contribution is 2.29. The SMILES string of the molecule is Cc1ccc(-c2cc(C)c(C(=O)C3CCCNC3)nn2)c(O)c1. The second-order valence-corrected chi connectivity index (χ2v) is 6.19. The van der Waals surface area contributed by atoms with Gasteiger partial charge >= 0.3 is 0 Å². The van der Waals surface area contributed by atoms with E-state index < -0.39 is 0 Å². The van der Waals surface area contributed by atoms with Gasteiger partial charge in [0.1, 0.15) is 11.4 Å². The number of phenols is 1. The summed E-state index contributed by atoms with van der Waals surface area (Å²) in [5, 5.41) is 21.6. The third-order valence-corrected chi connectivity index (χ3v) is 4.31. The second kappa shape index (κ2) is 6.46. The molecule has 1 aromatic carbocycles. The predicted molar refractivity (Wildman–Crippen MR) is 88.5 cm³/mol. The van der Waals surface area contributed by atoms with Crippen LogP contribution in [0.2, 0.25) is 0 Å². The first-order valence-corrected chi connectivity index (χ1v) is 7.95. The molecule has 1 atom stereocenters. The van der Waals surface area contributed by atoms with E-state index in [0.717, 1.165) is 30.5 Å². The quantitative estimate of drug-likeness (QED) is 0.852. The molecular formula is C18H21N3O2. The highest BCUT2D eigenvalue weighted by molar-refractivity contribution is 5.97. The van der Waals surface area contributed by atoms with Gasteiger partial charge in [0.2, 0.25) is 0 Å². The van der Waals surface area contributed by atoms with E-state index in [0.29, 0.717) is 23.5 Å². The fourth-order valence-corrected chi connectivity index (χ4v) is 2.99. The van der Waals surface area contributed by atoms with Crippen LogP contribution in [-0.2, 0) is 0 Å². The van der Waals surface area contributed by atoms with Gasteiger partial charge in [0.15, 0.2) is 5.78 Å². The van der Waals surface area contributed by atoms with Crippen molar-refractivity contribution in [2.24, 2.45) is 5.92 Å². The predicted octanol–water partition coefficient (Wildman–Crippen LogP) is 2.65. The Hall–Kier alpha value is -2.27. The Morgan fingerprint density at radius 2 is 2.09 bits per heavy atom. The van der Waals surface area contributed by atoms with Crippen LogP contribution in [0.1, 0.15) is 34.5 Å². The van der Waals surface area contributed by atoms with Gasteiger partial charge in [0.25, 0.3) is 0 Å². The lowest BCUT2D eigenvalue weighted by molar-refractivity contribution is 0.0892. The summed E-state index contributed by atoms with van der Waals surface area (Å²) < 4.78 is 0. The summed E-state index contributed by atoms with van der Waals surface area (Å²) in [6.07, 6.45) is 1.91. The van der Waals surface area contributed by atoms with E-state index in [1.165, 1.54) is 0 Å². The number of aromatic nitrogens is 2. The molecule has 5 heteroatoms. The lowest BCUT2D eigenvalue weighted by atomic mass is 9.92. The maximum absolute atomic E-state index is 12.6. The third kappa shape index (κ3) is 3.24. The van der Waals surface area contributed by atoms with Crippen LogP contribution < -0.4 is 5.32 Å². The zero-order valence-electron chi connectivity index (χ0n) is 13.5. The van der Waals surface area contributed by atoms with Crippen molar-refractivity contribution in [1.29, 1.82) is 0 Å². The van der Waals surface area contributed by atoms with E-state index in [2.05, 4.69) is 15.5 Å². The molecule has 1 saturated heterocycles. The monoisotopic (exact) mass is 311 g/mol. The number of nitrogens with one attached hydrogen (secondary N) is 1. The summed E-state index contributed by atoms with van der Waals surface area (Å²) in [7, 11) is 0. The van der Waals surface area contributed by atoms with E-state index in [1.54, 1.807) is 6.07 Å². The first kappa shape index (κ1) is 15.6. The number of rotatable bonds is 3. The molecule has 1 aliphatic heterocycles. The summed E-state index contributed by atoms with van der Waals surface area (Å²) >= 11 is 0. The van der Waals surface area contributed by atoms with Gasteiger partial charge in [-0.25, -0.2) is 0 Å². The van der Waals surface area contributed by atoms with Crippen LogP contribution in [0.15, 0.2) is 24.3 Å². The molecule has 0 amide bonds. The number of benzene rings is 1. The molecule has 5 nitrogen and oxygen atoms in total. The lowest BCUT2D eigenvalue weighted by Crippen LogP contribution is -2.35. The minimum Gasteiger partial charge on any atom is -0.507 e. The van der Waals surface area contributed by atoms with Crippen LogP contribution in [0.3, 0.4) is 0 Å². The van der Waals surface area contributed by atoms with E-state index in [-0.39, 0.29) is 17.5 Å². The molecule has 2 N–H and O–H groups in total. The summed E-state index contributed by atoms with van der Waals surface area (Å²) in [6, 6.07) is 7.25. The molecular weight excluding hydrogens is 290 g/mol. The Bertz CT molecular complexity index is 737. The van der Waals surface area contributed by atoms with Gasteiger partial charge in [-0.05, 0) is 62.6 Å². The number of aromatic hydroxyl groups is 1. The number of Topliss-reactive ketones (excluding diaryl/α,β-unsaturated/α-hetero) is 1. The number of ketones is 1. The first-order chi connectivity index (χ1) is 11.1. The Kier molecular flexibility index (Phi) is 4.39. The van der Waals surface area contributed by atoms with Gasteiger partial charge in [-0.15, -0.1) is 10.2 Å². The van der Waals surface area contributed by atoms with Crippen molar-refractivity contribution in [3.63, 3.8) is 0 Å². The maximum Gasteiger partial charge on any atom is 0.187 e. The first-order valence-electron chi connectivity index (χ1n) is 7.95. The molecule has 3 rings (SSSR count). The van der Waals surface area contributed by atoms with E-state index in [1.807, 2.05) is 32.0 Å². The number of aryl methyl sites for hydroxylation is 2. The number of nitrogens with zero attached hydrogens (tertiary/aromatic N) is 2. The van der Waals surface area contributed by atoms with Crippen molar-refractivity contribution in [2.45, 2.75) is 26.7 Å². The van der Waals surface area contributed by atoms with Crippen molar-refractivity contribution < 1.29 is 9.90 Å². The van der Waals surface area contributed by atoms with Gasteiger partial charge in [-0.3, -0.25) is 4.79 Å². The Morgan fingerprint density at radius 1 is 1.26 bits per heavy atom. The molecule has 1 aliphatic rings. The van der Waals surface area contributed by atoms with E-state index >= 15 is 0 Å². The molecule has 120 valence electrons. The number of carbonyl (C=O) groups excluding carboxylic acids is 1. The van der Waals surface area contributed by atoms with Crippen molar-refractivity contribution in [2.75, 3.05) is 13.1 Å². The Balaban J connectivity index is 1.89. The molecule has 0 spiro atoms. The van der Waals surface area contributed by atoms with Gasteiger partial charge in [0.05, 0.1) is 5.69 Å². The highest BCUT2D eigenvalue weighted by Gasteiger charge is 2.25. The van der Waals surface area contributed by atoms with Gasteiger partial charge in [-0.2, -0.15) is 0 Å². The standard InChI is InChI=1S/C18H21N3O2/c1-11-5-6-14(16(22)8-11)15-9-12(2)17(21-20-15)18(23)13-4-3-7-19-10-13/h5-6,8-9,13,19,22H,3-4,7,10H2,1-2H3. The van der Waals surface area contributed by atoms with Crippen LogP contribution in [0.4, 0.5) is 0 Å². The number of carbonyl (C=O) groups is 1. The van der Waals surface area contributed by atoms with Crippen LogP contribution in [0.25, 0.3) is 11.3 Å². The second-order valence-electron chi connectivity index (χ2n) is 6.19. The molecule has 0 saturated carbocycles. The van der Waals surface area contributed by atoms with Crippen molar-refractivity contribution >= 4 is 5.78 Å². The molecule has 1 aromatic heterocycles. The van der Waals surface area contributed by atoms with Crippen LogP contribution in [-0.4, -0.2) is 34.2 Å². The lowest BCUT2D eigenvalue weighted by Gasteiger charge is -2.21. The molecule has 0 aliphatic carbocycles. The molecule has 1 unspecified atom stereocenters. The fourth-order valence-electron chi connectivity index (χ4n) is 2.99. The fraction of sp³-hybridized carbons (Fsp3) is 0.389. The topological polar surface area (TPSA) is 75.1 Å². The average molecular weight is 311 g/mol. The molecule has 0 radical (unpaired) electrons. The summed E-state index contributed by atoms with van der Waals surface area (Å²) in [6.45, 7) is 5.47. The normalized spacial score (nSPS) is 17.9. The molecule has 1 fully saturated rings. The summed E-state index contributed by atoms with van der Waals surface area (Å²) in [5.41, 5.74) is 3.43. The zero-order valence-corrected chi connectivity index (χ0v) is 13.5. The van der Waals surface area contributed by atoms with Gasteiger partial charge < -0.3 is 10.4 Å². The van der Waals surface area contributed by atoms with Crippen molar-refractivity contribution in [3.8, 4) is 17.0 Å². The molecule has 0 bridgehead atoms. The summed E-state index contributed by atoms with van der Waals surface area (Å²) in [4.78, 5) is 12.6. The number of hydrogen-bond donors (Lipinski definition) is 2. The largest absolute Gasteiger partial charge is 0.507 e. The van der Waals surface area contributed by atoms with E-state index in [9.17, 15) is 9.90 Å². The Labute approximate surface area is 135 Å². The Morgan fingerprint density at radius 3 is 2.74 bits per heavy atom. The number of phenolic OH excluding ortho intramolecular Hbond substituents is 1. The molecule has 23 heavy (non-hydrogen) atoms. The minimum atomic E-state index is -0.0182. The molecule has 2 aromatic rings. The van der Waals surface area contributed by atoms with Crippen LogP contribution in [0, 0.1) is 19.8 Å². The zero-order chi connectivity index (χ0) is 16.4. The van der Waals surface area contributed by atoms with Crippen molar-refractivity contribution in [3.05, 3.63) is 41.1 Å².